The van der Waals surface area contributed by atoms with E-state index >= 15 is 0 Å². The fourth-order valence-electron chi connectivity index (χ4n) is 1.40. The molecule has 0 fully saturated rings. The Labute approximate surface area is 119 Å². The van der Waals surface area contributed by atoms with Crippen LogP contribution in [-0.4, -0.2) is 22.2 Å². The van der Waals surface area contributed by atoms with Crippen molar-refractivity contribution in [2.75, 3.05) is 7.11 Å². The molecule has 1 aromatic rings. The molecule has 1 aromatic carbocycles. The Morgan fingerprint density at radius 2 is 1.65 bits per heavy atom. The van der Waals surface area contributed by atoms with Crippen LogP contribution in [0.1, 0.15) is 32.4 Å². The minimum Gasteiger partial charge on any atom is -0.497 e. The average molecular weight is 309 g/mol. The lowest BCUT2D eigenvalue weighted by Crippen LogP contribution is -2.41. The molecule has 0 saturated carbocycles. The van der Waals surface area contributed by atoms with E-state index in [4.69, 9.17) is 4.74 Å². The predicted molar refractivity (Wildman–Crippen MR) is 72.8 cm³/mol. The summed E-state index contributed by atoms with van der Waals surface area (Å²) in [5.74, 6) is 0.464. The van der Waals surface area contributed by atoms with Crippen molar-refractivity contribution in [3.63, 3.8) is 0 Å². The molecule has 1 N–H and O–H groups in total. The van der Waals surface area contributed by atoms with Gasteiger partial charge in [0.25, 0.3) is 0 Å². The van der Waals surface area contributed by atoms with E-state index in [9.17, 15) is 17.4 Å². The van der Waals surface area contributed by atoms with E-state index in [1.807, 2.05) is 0 Å². The average Bonchev–Trinajstić information content (AvgIpc) is 2.33. The van der Waals surface area contributed by atoms with E-state index < -0.39 is 28.0 Å². The summed E-state index contributed by atoms with van der Waals surface area (Å²) in [5.41, 5.74) is -0.00380. The number of hydrogen-bond acceptors (Lipinski definition) is 2. The Morgan fingerprint density at radius 3 is 2.00 bits per heavy atom. The molecule has 20 heavy (non-hydrogen) atoms. The van der Waals surface area contributed by atoms with Gasteiger partial charge in [-0.05, 0) is 38.5 Å². The molecule has 0 aliphatic carbocycles. The highest BCUT2D eigenvalue weighted by Gasteiger charge is 2.42. The van der Waals surface area contributed by atoms with Crippen LogP contribution >= 0.6 is 0 Å². The first-order chi connectivity index (χ1) is 9.05. The number of hydrogen-bond donors (Lipinski definition) is 1. The zero-order valence-corrected chi connectivity index (χ0v) is 12.6. The van der Waals surface area contributed by atoms with Gasteiger partial charge in [-0.25, -0.2) is 8.93 Å². The van der Waals surface area contributed by atoms with Crippen molar-refractivity contribution in [3.8, 4) is 5.75 Å². The number of rotatable bonds is 4. The molecule has 0 bridgehead atoms. The van der Waals surface area contributed by atoms with Gasteiger partial charge in [0.05, 0.1) is 22.8 Å². The van der Waals surface area contributed by atoms with E-state index in [0.717, 1.165) is 0 Å². The molecule has 0 aliphatic rings. The minimum atomic E-state index is -4.53. The maximum Gasteiger partial charge on any atom is 0.408 e. The first-order valence-electron chi connectivity index (χ1n) is 5.94. The maximum absolute atomic E-state index is 13.1. The second-order valence-corrected chi connectivity index (χ2v) is 7.24. The van der Waals surface area contributed by atoms with E-state index in [1.165, 1.54) is 31.4 Å². The van der Waals surface area contributed by atoms with Crippen LogP contribution in [0.2, 0.25) is 0 Å². The molecular formula is C13H18F3NO2S. The van der Waals surface area contributed by atoms with Gasteiger partial charge in [-0.2, -0.15) is 13.2 Å². The Hall–Kier alpha value is -1.08. The second-order valence-electron chi connectivity index (χ2n) is 5.25. The third-order valence-electron chi connectivity index (χ3n) is 2.56. The van der Waals surface area contributed by atoms with Crippen molar-refractivity contribution in [2.45, 2.75) is 37.7 Å². The molecule has 3 nitrogen and oxygen atoms in total. The quantitative estimate of drug-likeness (QED) is 0.926. The van der Waals surface area contributed by atoms with Crippen molar-refractivity contribution in [2.24, 2.45) is 0 Å². The molecule has 114 valence electrons. The van der Waals surface area contributed by atoms with Crippen molar-refractivity contribution < 1.29 is 22.1 Å². The number of nitrogens with one attached hydrogen (secondary N) is 1. The molecule has 0 aromatic heterocycles. The molecule has 1 unspecified atom stereocenters. The van der Waals surface area contributed by atoms with Crippen molar-refractivity contribution in [1.29, 1.82) is 0 Å². The number of benzene rings is 1. The summed E-state index contributed by atoms with van der Waals surface area (Å²) in [4.78, 5) is 0. The van der Waals surface area contributed by atoms with Gasteiger partial charge >= 0.3 is 6.18 Å². The molecule has 7 heteroatoms. The standard InChI is InChI=1S/C13H18F3NO2S/c1-12(2,3)20(18)17-11(13(14,15)16)9-5-7-10(19-4)8-6-9/h5-8,11,17H,1-4H3/t11-,20?/m0/s1. The van der Waals surface area contributed by atoms with Crippen LogP contribution in [0.15, 0.2) is 24.3 Å². The van der Waals surface area contributed by atoms with Crippen LogP contribution in [-0.2, 0) is 11.0 Å². The molecule has 0 aliphatic heterocycles. The van der Waals surface area contributed by atoms with Gasteiger partial charge in [-0.15, -0.1) is 0 Å². The van der Waals surface area contributed by atoms with E-state index in [2.05, 4.69) is 4.72 Å². The summed E-state index contributed by atoms with van der Waals surface area (Å²) in [7, 11) is -0.389. The van der Waals surface area contributed by atoms with E-state index in [0.29, 0.717) is 5.75 Å². The van der Waals surface area contributed by atoms with Crippen LogP contribution in [0.5, 0.6) is 5.75 Å². The molecule has 2 atom stereocenters. The molecule has 0 heterocycles. The van der Waals surface area contributed by atoms with Crippen molar-refractivity contribution in [3.05, 3.63) is 29.8 Å². The highest BCUT2D eigenvalue weighted by molar-refractivity contribution is 7.84. The summed E-state index contributed by atoms with van der Waals surface area (Å²) in [6, 6.07) is 3.52. The fourth-order valence-corrected chi connectivity index (χ4v) is 2.24. The lowest BCUT2D eigenvalue weighted by atomic mass is 10.1. The largest absolute Gasteiger partial charge is 0.497 e. The van der Waals surface area contributed by atoms with Crippen LogP contribution in [0.3, 0.4) is 0 Å². The first-order valence-corrected chi connectivity index (χ1v) is 7.09. The van der Waals surface area contributed by atoms with Gasteiger partial charge in [0.1, 0.15) is 11.8 Å². The summed E-state index contributed by atoms with van der Waals surface area (Å²) in [5, 5.41) is 0. The van der Waals surface area contributed by atoms with Gasteiger partial charge in [-0.3, -0.25) is 0 Å². The summed E-state index contributed by atoms with van der Waals surface area (Å²) >= 11 is 0. The zero-order valence-electron chi connectivity index (χ0n) is 11.7. The van der Waals surface area contributed by atoms with Crippen LogP contribution in [0.25, 0.3) is 0 Å². The number of ether oxygens (including phenoxy) is 1. The minimum absolute atomic E-state index is 0.00380. The Kier molecular flexibility index (Phi) is 5.21. The number of alkyl halides is 3. The normalized spacial score (nSPS) is 15.8. The molecule has 0 saturated heterocycles. The number of methoxy groups -OCH3 is 1. The third-order valence-corrected chi connectivity index (χ3v) is 4.12. The Bertz CT molecular complexity index is 466. The molecule has 0 spiro atoms. The lowest BCUT2D eigenvalue weighted by molar-refractivity contribution is -0.152. The number of halogens is 3. The summed E-state index contributed by atoms with van der Waals surface area (Å²) < 4.78 is 57.5. The maximum atomic E-state index is 13.1. The van der Waals surface area contributed by atoms with Gasteiger partial charge in [-0.1, -0.05) is 12.1 Å². The third kappa shape index (κ3) is 4.49. The van der Waals surface area contributed by atoms with Gasteiger partial charge in [0, 0.05) is 0 Å². The van der Waals surface area contributed by atoms with Crippen LogP contribution < -0.4 is 9.46 Å². The summed E-state index contributed by atoms with van der Waals surface area (Å²) in [6.07, 6.45) is -4.53. The SMILES string of the molecule is COc1ccc([C@H](NS(=O)C(C)(C)C)C(F)(F)F)cc1. The van der Waals surface area contributed by atoms with Crippen molar-refractivity contribution >= 4 is 11.0 Å². The van der Waals surface area contributed by atoms with Gasteiger partial charge in [0.2, 0.25) is 0 Å². The highest BCUT2D eigenvalue weighted by Crippen LogP contribution is 2.34. The van der Waals surface area contributed by atoms with Crippen LogP contribution in [0, 0.1) is 0 Å². The highest BCUT2D eigenvalue weighted by atomic mass is 32.2. The monoisotopic (exact) mass is 309 g/mol. The van der Waals surface area contributed by atoms with E-state index in [-0.39, 0.29) is 5.56 Å². The zero-order chi connectivity index (χ0) is 15.6. The van der Waals surface area contributed by atoms with Crippen molar-refractivity contribution in [1.82, 2.24) is 4.72 Å². The van der Waals surface area contributed by atoms with Crippen LogP contribution in [0.4, 0.5) is 13.2 Å². The lowest BCUT2D eigenvalue weighted by Gasteiger charge is -2.26. The molecule has 0 amide bonds. The summed E-state index contributed by atoms with van der Waals surface area (Å²) in [6.45, 7) is 4.83. The Balaban J connectivity index is 3.04. The predicted octanol–water partition coefficient (Wildman–Crippen LogP) is 3.35. The van der Waals surface area contributed by atoms with Gasteiger partial charge in [0.15, 0.2) is 0 Å². The second kappa shape index (κ2) is 6.13. The topological polar surface area (TPSA) is 38.3 Å². The molecule has 1 rings (SSSR count). The first kappa shape index (κ1) is 17.0. The molecular weight excluding hydrogens is 291 g/mol. The Morgan fingerprint density at radius 1 is 1.15 bits per heavy atom. The molecule has 0 radical (unpaired) electrons. The van der Waals surface area contributed by atoms with Gasteiger partial charge < -0.3 is 4.74 Å². The fraction of sp³-hybridized carbons (Fsp3) is 0.538. The van der Waals surface area contributed by atoms with E-state index in [1.54, 1.807) is 20.8 Å². The smallest absolute Gasteiger partial charge is 0.408 e.